The number of oxazole rings is 1. The Morgan fingerprint density at radius 2 is 2.21 bits per heavy atom. The van der Waals surface area contributed by atoms with Crippen LogP contribution in [0.1, 0.15) is 30.5 Å². The summed E-state index contributed by atoms with van der Waals surface area (Å²) in [6.45, 7) is 1.95. The highest BCUT2D eigenvalue weighted by Gasteiger charge is 2.18. The summed E-state index contributed by atoms with van der Waals surface area (Å²) in [7, 11) is 0. The Morgan fingerprint density at radius 3 is 2.89 bits per heavy atom. The summed E-state index contributed by atoms with van der Waals surface area (Å²) < 4.78 is 29.8. The first kappa shape index (κ1) is 13.7. The molecule has 0 unspecified atom stereocenters. The minimum absolute atomic E-state index is 0.198. The average molecular weight is 286 g/mol. The highest BCUT2D eigenvalue weighted by atomic mass is 32.2. The van der Waals surface area contributed by atoms with Gasteiger partial charge in [0.15, 0.2) is 17.3 Å². The van der Waals surface area contributed by atoms with Crippen LogP contribution in [0.15, 0.2) is 22.0 Å². The second kappa shape index (κ2) is 5.96. The molecule has 0 aromatic carbocycles. The zero-order valence-electron chi connectivity index (χ0n) is 10.1. The summed E-state index contributed by atoms with van der Waals surface area (Å²) in [5, 5.41) is 0.445. The third-order valence-corrected chi connectivity index (χ3v) is 3.21. The average Bonchev–Trinajstić information content (AvgIpc) is 2.84. The molecule has 0 bridgehead atoms. The number of halogens is 2. The number of hydrogen-bond acceptors (Lipinski definition) is 6. The number of hydrogen-bond donors (Lipinski definition) is 1. The SMILES string of the molecule is CCc1cc(N)nc(SCc2ncoc2C(F)F)n1. The molecule has 0 aliphatic rings. The number of thioether (sulfide) groups is 1. The summed E-state index contributed by atoms with van der Waals surface area (Å²) in [4.78, 5) is 12.1. The van der Waals surface area contributed by atoms with Crippen LogP contribution in [-0.4, -0.2) is 15.0 Å². The second-order valence-electron chi connectivity index (χ2n) is 3.67. The Kier molecular flexibility index (Phi) is 4.31. The smallest absolute Gasteiger partial charge is 0.297 e. The van der Waals surface area contributed by atoms with Gasteiger partial charge in [-0.15, -0.1) is 0 Å². The quantitative estimate of drug-likeness (QED) is 0.672. The summed E-state index contributed by atoms with van der Waals surface area (Å²) >= 11 is 1.20. The van der Waals surface area contributed by atoms with Crippen molar-refractivity contribution in [3.8, 4) is 0 Å². The van der Waals surface area contributed by atoms with E-state index in [1.54, 1.807) is 6.07 Å². The van der Waals surface area contributed by atoms with Gasteiger partial charge in [0, 0.05) is 17.5 Å². The maximum atomic E-state index is 12.6. The molecule has 0 spiro atoms. The van der Waals surface area contributed by atoms with Crippen molar-refractivity contribution in [3.63, 3.8) is 0 Å². The molecule has 0 saturated carbocycles. The van der Waals surface area contributed by atoms with E-state index in [1.807, 2.05) is 6.92 Å². The number of aromatic nitrogens is 3. The molecule has 0 saturated heterocycles. The van der Waals surface area contributed by atoms with Crippen molar-refractivity contribution in [1.29, 1.82) is 0 Å². The zero-order chi connectivity index (χ0) is 13.8. The molecule has 0 atom stereocenters. The van der Waals surface area contributed by atoms with Gasteiger partial charge in [0.05, 0.1) is 5.69 Å². The van der Waals surface area contributed by atoms with Gasteiger partial charge in [-0.2, -0.15) is 0 Å². The summed E-state index contributed by atoms with van der Waals surface area (Å²) in [5.74, 6) is 0.165. The maximum absolute atomic E-state index is 12.6. The fourth-order valence-corrected chi connectivity index (χ4v) is 2.27. The molecule has 0 aliphatic heterocycles. The van der Waals surface area contributed by atoms with Gasteiger partial charge < -0.3 is 10.2 Å². The number of nitrogen functional groups attached to an aromatic ring is 1. The standard InChI is InChI=1S/C11H12F2N4OS/c1-2-6-3-8(14)17-11(16-6)19-4-7-9(10(12)13)18-5-15-7/h3,5,10H,2,4H2,1H3,(H2,14,16,17). The third-order valence-electron chi connectivity index (χ3n) is 2.35. The normalized spacial score (nSPS) is 11.2. The lowest BCUT2D eigenvalue weighted by atomic mass is 10.3. The van der Waals surface area contributed by atoms with Crippen molar-refractivity contribution in [3.05, 3.63) is 29.6 Å². The minimum Gasteiger partial charge on any atom is -0.442 e. The van der Waals surface area contributed by atoms with E-state index in [-0.39, 0.29) is 11.4 Å². The van der Waals surface area contributed by atoms with E-state index in [0.29, 0.717) is 11.0 Å². The molecule has 0 amide bonds. The van der Waals surface area contributed by atoms with Gasteiger partial charge in [-0.1, -0.05) is 18.7 Å². The van der Waals surface area contributed by atoms with E-state index in [1.165, 1.54) is 11.8 Å². The van der Waals surface area contributed by atoms with E-state index < -0.39 is 12.2 Å². The van der Waals surface area contributed by atoms with Gasteiger partial charge >= 0.3 is 0 Å². The van der Waals surface area contributed by atoms with Gasteiger partial charge in [-0.25, -0.2) is 23.7 Å². The highest BCUT2D eigenvalue weighted by molar-refractivity contribution is 7.98. The third kappa shape index (κ3) is 3.40. The lowest BCUT2D eigenvalue weighted by Gasteiger charge is -2.03. The Morgan fingerprint density at radius 1 is 1.42 bits per heavy atom. The lowest BCUT2D eigenvalue weighted by Crippen LogP contribution is -1.99. The predicted molar refractivity (Wildman–Crippen MR) is 66.8 cm³/mol. The van der Waals surface area contributed by atoms with E-state index in [4.69, 9.17) is 5.73 Å². The van der Waals surface area contributed by atoms with Crippen molar-refractivity contribution in [1.82, 2.24) is 15.0 Å². The number of nitrogens with zero attached hydrogens (tertiary/aromatic N) is 3. The van der Waals surface area contributed by atoms with Crippen LogP contribution in [0.4, 0.5) is 14.6 Å². The van der Waals surface area contributed by atoms with Crippen molar-refractivity contribution >= 4 is 17.6 Å². The van der Waals surface area contributed by atoms with Crippen LogP contribution in [0.5, 0.6) is 0 Å². The van der Waals surface area contributed by atoms with Crippen LogP contribution in [-0.2, 0) is 12.2 Å². The minimum atomic E-state index is -2.67. The van der Waals surface area contributed by atoms with Gasteiger partial charge in [0.25, 0.3) is 6.43 Å². The Balaban J connectivity index is 2.10. The topological polar surface area (TPSA) is 77.8 Å². The molecule has 2 aromatic rings. The fraction of sp³-hybridized carbons (Fsp3) is 0.364. The molecule has 2 heterocycles. The highest BCUT2D eigenvalue weighted by Crippen LogP contribution is 2.27. The first-order valence-corrected chi connectivity index (χ1v) is 6.55. The Labute approximate surface area is 112 Å². The molecule has 19 heavy (non-hydrogen) atoms. The largest absolute Gasteiger partial charge is 0.442 e. The maximum Gasteiger partial charge on any atom is 0.297 e. The number of rotatable bonds is 5. The summed E-state index contributed by atoms with van der Waals surface area (Å²) in [5.41, 5.74) is 6.65. The van der Waals surface area contributed by atoms with Crippen LogP contribution in [0.2, 0.25) is 0 Å². The first-order valence-electron chi connectivity index (χ1n) is 5.56. The van der Waals surface area contributed by atoms with Crippen LogP contribution < -0.4 is 5.73 Å². The van der Waals surface area contributed by atoms with Crippen molar-refractivity contribution < 1.29 is 13.2 Å². The monoisotopic (exact) mass is 286 g/mol. The lowest BCUT2D eigenvalue weighted by molar-refractivity contribution is 0.121. The van der Waals surface area contributed by atoms with E-state index in [9.17, 15) is 8.78 Å². The number of aryl methyl sites for hydroxylation is 1. The van der Waals surface area contributed by atoms with Crippen molar-refractivity contribution in [2.75, 3.05) is 5.73 Å². The molecular formula is C11H12F2N4OS. The molecular weight excluding hydrogens is 274 g/mol. The summed E-state index contributed by atoms with van der Waals surface area (Å²) in [6, 6.07) is 1.69. The molecule has 0 radical (unpaired) electrons. The first-order chi connectivity index (χ1) is 9.10. The van der Waals surface area contributed by atoms with Crippen LogP contribution in [0.3, 0.4) is 0 Å². The summed E-state index contributed by atoms with van der Waals surface area (Å²) in [6.07, 6.45) is -0.937. The second-order valence-corrected chi connectivity index (χ2v) is 4.62. The molecule has 2 rings (SSSR count). The van der Waals surface area contributed by atoms with Crippen molar-refractivity contribution in [2.24, 2.45) is 0 Å². The molecule has 2 N–H and O–H groups in total. The molecule has 0 fully saturated rings. The van der Waals surface area contributed by atoms with Gasteiger partial charge in [0.2, 0.25) is 0 Å². The molecule has 2 aromatic heterocycles. The van der Waals surface area contributed by atoms with Crippen LogP contribution in [0, 0.1) is 0 Å². The van der Waals surface area contributed by atoms with Crippen molar-refractivity contribution in [2.45, 2.75) is 30.7 Å². The molecule has 5 nitrogen and oxygen atoms in total. The zero-order valence-corrected chi connectivity index (χ0v) is 11.0. The molecule has 102 valence electrons. The van der Waals surface area contributed by atoms with Crippen LogP contribution >= 0.6 is 11.8 Å². The Hall–Kier alpha value is -1.70. The van der Waals surface area contributed by atoms with E-state index >= 15 is 0 Å². The van der Waals surface area contributed by atoms with Gasteiger partial charge in [0.1, 0.15) is 5.82 Å². The molecule has 0 aliphatic carbocycles. The van der Waals surface area contributed by atoms with Gasteiger partial charge in [-0.05, 0) is 6.42 Å². The number of nitrogens with two attached hydrogens (primary N) is 1. The molecule has 8 heteroatoms. The predicted octanol–water partition coefficient (Wildman–Crippen LogP) is 2.84. The van der Waals surface area contributed by atoms with E-state index in [0.717, 1.165) is 18.5 Å². The fourth-order valence-electron chi connectivity index (χ4n) is 1.44. The number of anilines is 1. The van der Waals surface area contributed by atoms with E-state index in [2.05, 4.69) is 19.4 Å². The number of alkyl halides is 2. The van der Waals surface area contributed by atoms with Crippen LogP contribution in [0.25, 0.3) is 0 Å². The Bertz CT molecular complexity index is 561. The van der Waals surface area contributed by atoms with Gasteiger partial charge in [-0.3, -0.25) is 0 Å².